The standard InChI is InChI=1S/C10H14F2N2/c1-2-7-9(10(11)12)13-8-5-3-4-6-14(7)8/h10H,2-6H2,1H3. The zero-order valence-electron chi connectivity index (χ0n) is 8.26. The summed E-state index contributed by atoms with van der Waals surface area (Å²) in [6.07, 6.45) is 1.22. The Morgan fingerprint density at radius 1 is 1.43 bits per heavy atom. The van der Waals surface area contributed by atoms with Crippen LogP contribution in [0.2, 0.25) is 0 Å². The molecule has 0 saturated carbocycles. The lowest BCUT2D eigenvalue weighted by molar-refractivity contribution is 0.145. The molecule has 0 N–H and O–H groups in total. The first-order chi connectivity index (χ1) is 6.74. The maximum atomic E-state index is 12.6. The zero-order chi connectivity index (χ0) is 10.1. The Hall–Kier alpha value is -0.930. The third-order valence-electron chi connectivity index (χ3n) is 2.76. The Bertz CT molecular complexity index is 331. The van der Waals surface area contributed by atoms with E-state index in [1.807, 2.05) is 11.5 Å². The highest BCUT2D eigenvalue weighted by atomic mass is 19.3. The summed E-state index contributed by atoms with van der Waals surface area (Å²) in [4.78, 5) is 4.03. The van der Waals surface area contributed by atoms with Gasteiger partial charge in [0.2, 0.25) is 0 Å². The van der Waals surface area contributed by atoms with E-state index in [-0.39, 0.29) is 5.69 Å². The molecule has 4 heteroatoms. The minimum atomic E-state index is -2.43. The minimum absolute atomic E-state index is 0.00407. The third-order valence-corrected chi connectivity index (χ3v) is 2.76. The Labute approximate surface area is 82.0 Å². The highest BCUT2D eigenvalue weighted by Gasteiger charge is 2.23. The molecule has 0 aliphatic carbocycles. The second-order valence-corrected chi connectivity index (χ2v) is 3.62. The fourth-order valence-corrected chi connectivity index (χ4v) is 2.11. The van der Waals surface area contributed by atoms with Crippen molar-refractivity contribution in [2.75, 3.05) is 0 Å². The monoisotopic (exact) mass is 200 g/mol. The van der Waals surface area contributed by atoms with Gasteiger partial charge >= 0.3 is 0 Å². The molecule has 0 saturated heterocycles. The van der Waals surface area contributed by atoms with E-state index in [0.717, 1.165) is 37.3 Å². The van der Waals surface area contributed by atoms with E-state index >= 15 is 0 Å². The maximum absolute atomic E-state index is 12.6. The van der Waals surface area contributed by atoms with Crippen LogP contribution in [0.3, 0.4) is 0 Å². The third kappa shape index (κ3) is 1.42. The second kappa shape index (κ2) is 3.67. The summed E-state index contributed by atoms with van der Waals surface area (Å²) >= 11 is 0. The van der Waals surface area contributed by atoms with E-state index in [4.69, 9.17) is 0 Å². The number of alkyl halides is 2. The van der Waals surface area contributed by atoms with Crippen LogP contribution in [-0.4, -0.2) is 9.55 Å². The van der Waals surface area contributed by atoms with Crippen molar-refractivity contribution in [2.45, 2.75) is 45.6 Å². The van der Waals surface area contributed by atoms with Gasteiger partial charge in [0, 0.05) is 18.7 Å². The zero-order valence-corrected chi connectivity index (χ0v) is 8.26. The van der Waals surface area contributed by atoms with Crippen LogP contribution in [0, 0.1) is 0 Å². The first-order valence-electron chi connectivity index (χ1n) is 5.10. The number of nitrogens with zero attached hydrogens (tertiary/aromatic N) is 2. The fraction of sp³-hybridized carbons (Fsp3) is 0.700. The van der Waals surface area contributed by atoms with Crippen LogP contribution in [0.15, 0.2) is 0 Å². The molecule has 0 atom stereocenters. The average Bonchev–Trinajstić information content (AvgIpc) is 2.56. The number of hydrogen-bond acceptors (Lipinski definition) is 1. The summed E-state index contributed by atoms with van der Waals surface area (Å²) in [6.45, 7) is 2.77. The van der Waals surface area contributed by atoms with Gasteiger partial charge in [0.15, 0.2) is 0 Å². The van der Waals surface area contributed by atoms with Crippen LogP contribution in [0.4, 0.5) is 8.78 Å². The van der Waals surface area contributed by atoms with Crippen molar-refractivity contribution in [2.24, 2.45) is 0 Å². The second-order valence-electron chi connectivity index (χ2n) is 3.62. The van der Waals surface area contributed by atoms with Crippen molar-refractivity contribution < 1.29 is 8.78 Å². The lowest BCUT2D eigenvalue weighted by Crippen LogP contribution is -2.12. The molecule has 1 aliphatic rings. The Morgan fingerprint density at radius 3 is 2.86 bits per heavy atom. The summed E-state index contributed by atoms with van der Waals surface area (Å²) in [6, 6.07) is 0. The van der Waals surface area contributed by atoms with Crippen molar-refractivity contribution in [3.8, 4) is 0 Å². The SMILES string of the molecule is CCc1c(C(F)F)nc2n1CCCC2. The molecule has 2 nitrogen and oxygen atoms in total. The molecular formula is C10H14F2N2. The summed E-state index contributed by atoms with van der Waals surface area (Å²) in [5.74, 6) is 0.850. The predicted octanol–water partition coefficient (Wildman–Crippen LogP) is 2.72. The summed E-state index contributed by atoms with van der Waals surface area (Å²) in [7, 11) is 0. The normalized spacial score (nSPS) is 16.0. The molecular weight excluding hydrogens is 186 g/mol. The number of rotatable bonds is 2. The topological polar surface area (TPSA) is 17.8 Å². The van der Waals surface area contributed by atoms with Crippen LogP contribution in [0.1, 0.15) is 43.4 Å². The summed E-state index contributed by atoms with van der Waals surface area (Å²) < 4.78 is 27.2. The molecule has 1 aromatic heterocycles. The number of hydrogen-bond donors (Lipinski definition) is 0. The van der Waals surface area contributed by atoms with Gasteiger partial charge in [-0.1, -0.05) is 6.92 Å². The van der Waals surface area contributed by atoms with Gasteiger partial charge in [0.1, 0.15) is 11.5 Å². The van der Waals surface area contributed by atoms with Gasteiger partial charge in [0.25, 0.3) is 6.43 Å². The van der Waals surface area contributed by atoms with Gasteiger partial charge in [-0.25, -0.2) is 13.8 Å². The van der Waals surface area contributed by atoms with E-state index in [9.17, 15) is 8.78 Å². The van der Waals surface area contributed by atoms with E-state index in [1.54, 1.807) is 0 Å². The summed E-state index contributed by atoms with van der Waals surface area (Å²) in [5, 5.41) is 0. The first kappa shape index (κ1) is 9.62. The van der Waals surface area contributed by atoms with E-state index in [0.29, 0.717) is 6.42 Å². The number of aryl methyl sites for hydroxylation is 1. The van der Waals surface area contributed by atoms with E-state index < -0.39 is 6.43 Å². The Balaban J connectivity index is 2.46. The maximum Gasteiger partial charge on any atom is 0.282 e. The molecule has 0 amide bonds. The Kier molecular flexibility index (Phi) is 2.52. The molecule has 78 valence electrons. The van der Waals surface area contributed by atoms with Crippen molar-refractivity contribution >= 4 is 0 Å². The summed E-state index contributed by atoms with van der Waals surface area (Å²) in [5.41, 5.74) is 0.735. The lowest BCUT2D eigenvalue weighted by atomic mass is 10.1. The fourth-order valence-electron chi connectivity index (χ4n) is 2.11. The molecule has 2 heterocycles. The van der Waals surface area contributed by atoms with Gasteiger partial charge in [0.05, 0.1) is 0 Å². The van der Waals surface area contributed by atoms with Crippen LogP contribution < -0.4 is 0 Å². The Morgan fingerprint density at radius 2 is 2.21 bits per heavy atom. The van der Waals surface area contributed by atoms with Gasteiger partial charge in [-0.15, -0.1) is 0 Å². The largest absolute Gasteiger partial charge is 0.332 e. The molecule has 1 aliphatic heterocycles. The van der Waals surface area contributed by atoms with Gasteiger partial charge < -0.3 is 4.57 Å². The van der Waals surface area contributed by atoms with Gasteiger partial charge in [-0.3, -0.25) is 0 Å². The van der Waals surface area contributed by atoms with Gasteiger partial charge in [-0.05, 0) is 19.3 Å². The van der Waals surface area contributed by atoms with Crippen LogP contribution in [0.25, 0.3) is 0 Å². The number of aromatic nitrogens is 2. The van der Waals surface area contributed by atoms with Crippen molar-refractivity contribution in [3.05, 3.63) is 17.2 Å². The lowest BCUT2D eigenvalue weighted by Gasteiger charge is -2.15. The molecule has 2 rings (SSSR count). The highest BCUT2D eigenvalue weighted by Crippen LogP contribution is 2.26. The van der Waals surface area contributed by atoms with E-state index in [1.165, 1.54) is 0 Å². The molecule has 0 spiro atoms. The number of fused-ring (bicyclic) bond motifs is 1. The van der Waals surface area contributed by atoms with Crippen LogP contribution in [0.5, 0.6) is 0 Å². The smallest absolute Gasteiger partial charge is 0.282 e. The molecule has 0 unspecified atom stereocenters. The molecule has 14 heavy (non-hydrogen) atoms. The molecule has 0 bridgehead atoms. The minimum Gasteiger partial charge on any atom is -0.332 e. The number of imidazole rings is 1. The average molecular weight is 200 g/mol. The predicted molar refractivity (Wildman–Crippen MR) is 49.5 cm³/mol. The molecule has 0 fully saturated rings. The van der Waals surface area contributed by atoms with Crippen molar-refractivity contribution in [1.82, 2.24) is 9.55 Å². The van der Waals surface area contributed by atoms with Crippen LogP contribution >= 0.6 is 0 Å². The van der Waals surface area contributed by atoms with Crippen molar-refractivity contribution in [1.29, 1.82) is 0 Å². The molecule has 0 aromatic carbocycles. The number of halogens is 2. The van der Waals surface area contributed by atoms with Gasteiger partial charge in [-0.2, -0.15) is 0 Å². The van der Waals surface area contributed by atoms with E-state index in [2.05, 4.69) is 4.98 Å². The quantitative estimate of drug-likeness (QED) is 0.717. The van der Waals surface area contributed by atoms with Crippen molar-refractivity contribution in [3.63, 3.8) is 0 Å². The molecule has 0 radical (unpaired) electrons. The molecule has 1 aromatic rings. The first-order valence-corrected chi connectivity index (χ1v) is 5.10. The highest BCUT2D eigenvalue weighted by molar-refractivity contribution is 5.19. The van der Waals surface area contributed by atoms with Crippen LogP contribution in [-0.2, 0) is 19.4 Å².